The summed E-state index contributed by atoms with van der Waals surface area (Å²) >= 11 is 0. The van der Waals surface area contributed by atoms with Crippen LogP contribution in [0.5, 0.6) is 0 Å². The van der Waals surface area contributed by atoms with Gasteiger partial charge in [-0.25, -0.2) is 0 Å². The van der Waals surface area contributed by atoms with Crippen LogP contribution >= 0.6 is 0 Å². The molecule has 0 saturated carbocycles. The third-order valence-electron chi connectivity index (χ3n) is 4.24. The number of hydrogen-bond acceptors (Lipinski definition) is 2. The van der Waals surface area contributed by atoms with Crippen LogP contribution in [-0.2, 0) is 0 Å². The molecule has 0 unspecified atom stereocenters. The normalized spacial score (nSPS) is 11.4. The van der Waals surface area contributed by atoms with E-state index in [1.807, 2.05) is 18.2 Å². The molecule has 1 aromatic heterocycles. The Balaban J connectivity index is 1.77. The zero-order chi connectivity index (χ0) is 15.8. The Morgan fingerprint density at radius 1 is 0.783 bits per heavy atom. The Bertz CT molecular complexity index is 981. The zero-order valence-corrected chi connectivity index (χ0v) is 13.3. The molecular weight excluding hydrogens is 282 g/mol. The largest absolute Gasteiger partial charge is 0.456 e. The fraction of sp³-hybridized carbons (Fsp3) is 0.143. The first-order valence-electron chi connectivity index (χ1n) is 7.99. The van der Waals surface area contributed by atoms with Crippen LogP contribution in [-0.4, -0.2) is 0 Å². The first kappa shape index (κ1) is 13.9. The molecule has 4 aromatic rings. The van der Waals surface area contributed by atoms with Crippen LogP contribution in [0.3, 0.4) is 0 Å². The molecule has 3 aromatic carbocycles. The molecule has 1 N–H and O–H groups in total. The monoisotopic (exact) mass is 301 g/mol. The van der Waals surface area contributed by atoms with Crippen molar-refractivity contribution >= 4 is 33.3 Å². The number of fused-ring (bicyclic) bond motifs is 3. The van der Waals surface area contributed by atoms with E-state index in [4.69, 9.17) is 4.42 Å². The molecule has 0 aliphatic carbocycles. The summed E-state index contributed by atoms with van der Waals surface area (Å²) < 4.78 is 5.97. The van der Waals surface area contributed by atoms with Crippen molar-refractivity contribution < 1.29 is 4.42 Å². The molecule has 2 heteroatoms. The second kappa shape index (κ2) is 5.47. The Hall–Kier alpha value is -2.74. The molecule has 0 atom stereocenters. The molecule has 0 fully saturated rings. The molecular formula is C21H19NO. The van der Waals surface area contributed by atoms with Gasteiger partial charge in [0, 0.05) is 28.2 Å². The first-order chi connectivity index (χ1) is 11.2. The van der Waals surface area contributed by atoms with Gasteiger partial charge in [0.25, 0.3) is 0 Å². The zero-order valence-electron chi connectivity index (χ0n) is 13.3. The number of anilines is 2. The number of benzene rings is 3. The molecule has 0 aliphatic rings. The van der Waals surface area contributed by atoms with Crippen molar-refractivity contribution in [1.29, 1.82) is 0 Å². The molecule has 1 heterocycles. The minimum atomic E-state index is 0.480. The molecule has 0 saturated heterocycles. The number of rotatable bonds is 3. The van der Waals surface area contributed by atoms with Gasteiger partial charge in [0.1, 0.15) is 11.2 Å². The quantitative estimate of drug-likeness (QED) is 0.470. The van der Waals surface area contributed by atoms with Crippen molar-refractivity contribution in [1.82, 2.24) is 0 Å². The molecule has 0 aliphatic heterocycles. The van der Waals surface area contributed by atoms with Crippen LogP contribution in [0.25, 0.3) is 21.9 Å². The highest BCUT2D eigenvalue weighted by atomic mass is 16.3. The lowest BCUT2D eigenvalue weighted by molar-refractivity contribution is 0.669. The number of para-hydroxylation sites is 2. The lowest BCUT2D eigenvalue weighted by Crippen LogP contribution is -1.97. The Kier molecular flexibility index (Phi) is 3.30. The highest BCUT2D eigenvalue weighted by Gasteiger charge is 2.09. The summed E-state index contributed by atoms with van der Waals surface area (Å²) in [6.07, 6.45) is 0. The van der Waals surface area contributed by atoms with Crippen molar-refractivity contribution in [2.24, 2.45) is 0 Å². The third kappa shape index (κ3) is 2.46. The Labute approximate surface area is 135 Å². The Morgan fingerprint density at radius 3 is 2.39 bits per heavy atom. The maximum Gasteiger partial charge on any atom is 0.137 e. The number of nitrogens with one attached hydrogen (secondary N) is 1. The van der Waals surface area contributed by atoms with E-state index in [2.05, 4.69) is 67.7 Å². The van der Waals surface area contributed by atoms with E-state index in [1.165, 1.54) is 5.56 Å². The van der Waals surface area contributed by atoms with Crippen LogP contribution < -0.4 is 5.32 Å². The molecule has 114 valence electrons. The maximum absolute atomic E-state index is 5.97. The van der Waals surface area contributed by atoms with E-state index in [1.54, 1.807) is 0 Å². The van der Waals surface area contributed by atoms with Gasteiger partial charge < -0.3 is 9.73 Å². The highest BCUT2D eigenvalue weighted by molar-refractivity contribution is 6.05. The van der Waals surface area contributed by atoms with E-state index in [9.17, 15) is 0 Å². The van der Waals surface area contributed by atoms with Gasteiger partial charge in [-0.1, -0.05) is 50.2 Å². The first-order valence-corrected chi connectivity index (χ1v) is 7.99. The summed E-state index contributed by atoms with van der Waals surface area (Å²) in [5.41, 5.74) is 5.36. The topological polar surface area (TPSA) is 25.2 Å². The summed E-state index contributed by atoms with van der Waals surface area (Å²) in [5, 5.41) is 5.85. The number of hydrogen-bond donors (Lipinski definition) is 1. The third-order valence-corrected chi connectivity index (χ3v) is 4.24. The van der Waals surface area contributed by atoms with Crippen LogP contribution in [0.1, 0.15) is 25.3 Å². The molecule has 23 heavy (non-hydrogen) atoms. The van der Waals surface area contributed by atoms with Crippen molar-refractivity contribution in [3.05, 3.63) is 72.3 Å². The van der Waals surface area contributed by atoms with E-state index in [0.717, 1.165) is 33.3 Å². The lowest BCUT2D eigenvalue weighted by Gasteiger charge is -2.14. The van der Waals surface area contributed by atoms with Gasteiger partial charge in [-0.05, 0) is 35.7 Å². The van der Waals surface area contributed by atoms with Gasteiger partial charge in [-0.15, -0.1) is 0 Å². The predicted molar refractivity (Wildman–Crippen MR) is 97.5 cm³/mol. The maximum atomic E-state index is 5.97. The summed E-state index contributed by atoms with van der Waals surface area (Å²) in [5.74, 6) is 0.480. The summed E-state index contributed by atoms with van der Waals surface area (Å²) in [4.78, 5) is 0. The van der Waals surface area contributed by atoms with Crippen LogP contribution in [0, 0.1) is 0 Å². The SMILES string of the molecule is CC(C)c1ccccc1Nc1ccc2c(c1)oc1ccccc12. The van der Waals surface area contributed by atoms with Gasteiger partial charge in [0.15, 0.2) is 0 Å². The van der Waals surface area contributed by atoms with Crippen molar-refractivity contribution in [3.8, 4) is 0 Å². The van der Waals surface area contributed by atoms with E-state index in [-0.39, 0.29) is 0 Å². The highest BCUT2D eigenvalue weighted by Crippen LogP contribution is 2.32. The number of furan rings is 1. The predicted octanol–water partition coefficient (Wildman–Crippen LogP) is 6.45. The fourth-order valence-electron chi connectivity index (χ4n) is 3.07. The minimum Gasteiger partial charge on any atom is -0.456 e. The van der Waals surface area contributed by atoms with Gasteiger partial charge >= 0.3 is 0 Å². The summed E-state index contributed by atoms with van der Waals surface area (Å²) in [7, 11) is 0. The van der Waals surface area contributed by atoms with Crippen molar-refractivity contribution in [3.63, 3.8) is 0 Å². The van der Waals surface area contributed by atoms with Gasteiger partial charge in [0.05, 0.1) is 0 Å². The molecule has 0 bridgehead atoms. The average molecular weight is 301 g/mol. The minimum absolute atomic E-state index is 0.480. The van der Waals surface area contributed by atoms with Crippen LogP contribution in [0.15, 0.2) is 71.1 Å². The average Bonchev–Trinajstić information content (AvgIpc) is 2.93. The standard InChI is InChI=1S/C21H19NO/c1-14(2)16-7-3-5-9-19(16)22-15-11-12-18-17-8-4-6-10-20(17)23-21(18)13-15/h3-14,22H,1-2H3. The second-order valence-electron chi connectivity index (χ2n) is 6.18. The molecule has 0 amide bonds. The molecule has 0 spiro atoms. The Morgan fingerprint density at radius 2 is 1.52 bits per heavy atom. The van der Waals surface area contributed by atoms with Crippen molar-refractivity contribution in [2.45, 2.75) is 19.8 Å². The van der Waals surface area contributed by atoms with E-state index in [0.29, 0.717) is 5.92 Å². The van der Waals surface area contributed by atoms with E-state index >= 15 is 0 Å². The molecule has 0 radical (unpaired) electrons. The van der Waals surface area contributed by atoms with Gasteiger partial charge in [0.2, 0.25) is 0 Å². The van der Waals surface area contributed by atoms with Crippen LogP contribution in [0.2, 0.25) is 0 Å². The van der Waals surface area contributed by atoms with Gasteiger partial charge in [-0.3, -0.25) is 0 Å². The van der Waals surface area contributed by atoms with Crippen molar-refractivity contribution in [2.75, 3.05) is 5.32 Å². The summed E-state index contributed by atoms with van der Waals surface area (Å²) in [6.45, 7) is 4.42. The van der Waals surface area contributed by atoms with E-state index < -0.39 is 0 Å². The smallest absolute Gasteiger partial charge is 0.137 e. The van der Waals surface area contributed by atoms with Crippen LogP contribution in [0.4, 0.5) is 11.4 Å². The van der Waals surface area contributed by atoms with Gasteiger partial charge in [-0.2, -0.15) is 0 Å². The molecule has 4 rings (SSSR count). The summed E-state index contributed by atoms with van der Waals surface area (Å²) in [6, 6.07) is 22.9. The fourth-order valence-corrected chi connectivity index (χ4v) is 3.07. The molecule has 2 nitrogen and oxygen atoms in total. The second-order valence-corrected chi connectivity index (χ2v) is 6.18. The lowest BCUT2D eigenvalue weighted by atomic mass is 10.0.